The van der Waals surface area contributed by atoms with Crippen molar-refractivity contribution >= 4 is 5.71 Å². The van der Waals surface area contributed by atoms with Crippen molar-refractivity contribution in [2.45, 2.75) is 26.2 Å². The third kappa shape index (κ3) is 2.26. The van der Waals surface area contributed by atoms with Crippen LogP contribution in [0.3, 0.4) is 0 Å². The maximum atomic E-state index is 8.46. The highest BCUT2D eigenvalue weighted by Crippen LogP contribution is 2.16. The fourth-order valence-electron chi connectivity index (χ4n) is 1.15. The number of allylic oxidation sites excluding steroid dienone is 2. The molecule has 0 saturated carbocycles. The summed E-state index contributed by atoms with van der Waals surface area (Å²) in [6.07, 6.45) is 4.65. The Morgan fingerprint density at radius 2 is 2.45 bits per heavy atom. The van der Waals surface area contributed by atoms with E-state index >= 15 is 0 Å². The third-order valence-corrected chi connectivity index (χ3v) is 1.64. The molecule has 3 heteroatoms. The monoisotopic (exact) mass is 155 g/mol. The molecule has 0 aliphatic heterocycles. The highest BCUT2D eigenvalue weighted by atomic mass is 16.5. The molecule has 1 aliphatic carbocycles. The van der Waals surface area contributed by atoms with Crippen molar-refractivity contribution in [3.63, 3.8) is 0 Å². The van der Waals surface area contributed by atoms with E-state index in [1.165, 1.54) is 0 Å². The van der Waals surface area contributed by atoms with Crippen LogP contribution in [0, 0.1) is 0 Å². The zero-order chi connectivity index (χ0) is 8.10. The minimum absolute atomic E-state index is 0.685. The number of hydrogen-bond donors (Lipinski definition) is 1. The molecular formula is C8H13NO2. The van der Waals surface area contributed by atoms with Crippen molar-refractivity contribution in [3.8, 4) is 0 Å². The van der Waals surface area contributed by atoms with Gasteiger partial charge in [-0.2, -0.15) is 0 Å². The molecule has 3 nitrogen and oxygen atoms in total. The van der Waals surface area contributed by atoms with E-state index in [0.717, 1.165) is 30.7 Å². The molecule has 62 valence electrons. The van der Waals surface area contributed by atoms with Crippen LogP contribution in [0.1, 0.15) is 26.2 Å². The lowest BCUT2D eigenvalue weighted by Gasteiger charge is -2.13. The predicted molar refractivity (Wildman–Crippen MR) is 42.8 cm³/mol. The smallest absolute Gasteiger partial charge is 0.0979 e. The summed E-state index contributed by atoms with van der Waals surface area (Å²) in [6.45, 7) is 2.63. The van der Waals surface area contributed by atoms with Gasteiger partial charge >= 0.3 is 0 Å². The van der Waals surface area contributed by atoms with Crippen molar-refractivity contribution in [1.82, 2.24) is 0 Å². The van der Waals surface area contributed by atoms with Crippen LogP contribution in [0.25, 0.3) is 0 Å². The summed E-state index contributed by atoms with van der Waals surface area (Å²) in [6, 6.07) is 0. The second-order valence-corrected chi connectivity index (χ2v) is 2.49. The van der Waals surface area contributed by atoms with E-state index in [9.17, 15) is 0 Å². The summed E-state index contributed by atoms with van der Waals surface area (Å²) in [5, 5.41) is 11.6. The van der Waals surface area contributed by atoms with Crippen molar-refractivity contribution in [2.75, 3.05) is 6.61 Å². The first-order valence-electron chi connectivity index (χ1n) is 3.91. The van der Waals surface area contributed by atoms with E-state index in [-0.39, 0.29) is 0 Å². The molecule has 0 amide bonds. The summed E-state index contributed by atoms with van der Waals surface area (Å²) >= 11 is 0. The average Bonchev–Trinajstić information content (AvgIpc) is 2.06. The van der Waals surface area contributed by atoms with Crippen LogP contribution < -0.4 is 0 Å². The number of oxime groups is 1. The lowest BCUT2D eigenvalue weighted by atomic mass is 10.0. The molecule has 0 spiro atoms. The van der Waals surface area contributed by atoms with Crippen molar-refractivity contribution in [1.29, 1.82) is 0 Å². The minimum atomic E-state index is 0.685. The van der Waals surface area contributed by atoms with Gasteiger partial charge in [-0.3, -0.25) is 0 Å². The van der Waals surface area contributed by atoms with Gasteiger partial charge in [-0.25, -0.2) is 0 Å². The van der Waals surface area contributed by atoms with Gasteiger partial charge in [0.05, 0.1) is 18.1 Å². The van der Waals surface area contributed by atoms with Crippen LogP contribution in [0.4, 0.5) is 0 Å². The Morgan fingerprint density at radius 3 is 3.09 bits per heavy atom. The van der Waals surface area contributed by atoms with Crippen molar-refractivity contribution < 1.29 is 9.94 Å². The molecule has 0 saturated heterocycles. The highest BCUT2D eigenvalue weighted by molar-refractivity contribution is 5.95. The Hall–Kier alpha value is -0.990. The fraction of sp³-hybridized carbons (Fsp3) is 0.625. The zero-order valence-corrected chi connectivity index (χ0v) is 6.71. The molecule has 0 fully saturated rings. The fourth-order valence-corrected chi connectivity index (χ4v) is 1.15. The number of ether oxygens (including phenoxy) is 1. The standard InChI is InChI=1S/C8H13NO2/c1-2-11-8-5-3-4-7(6-8)9-10/h6,10H,2-5H2,1H3. The Labute approximate surface area is 66.4 Å². The first-order valence-corrected chi connectivity index (χ1v) is 3.91. The summed E-state index contributed by atoms with van der Waals surface area (Å²) in [5.74, 6) is 0.937. The van der Waals surface area contributed by atoms with E-state index < -0.39 is 0 Å². The maximum Gasteiger partial charge on any atom is 0.0979 e. The molecule has 0 atom stereocenters. The molecule has 1 aliphatic rings. The summed E-state index contributed by atoms with van der Waals surface area (Å²) in [4.78, 5) is 0. The van der Waals surface area contributed by atoms with Crippen molar-refractivity contribution in [3.05, 3.63) is 11.8 Å². The molecule has 0 aromatic heterocycles. The van der Waals surface area contributed by atoms with Crippen LogP contribution >= 0.6 is 0 Å². The van der Waals surface area contributed by atoms with Crippen LogP contribution in [-0.4, -0.2) is 17.5 Å². The summed E-state index contributed by atoms with van der Waals surface area (Å²) < 4.78 is 5.28. The second kappa shape index (κ2) is 4.01. The Kier molecular flexibility index (Phi) is 2.95. The van der Waals surface area contributed by atoms with E-state index in [2.05, 4.69) is 5.16 Å². The van der Waals surface area contributed by atoms with Gasteiger partial charge in [0.15, 0.2) is 0 Å². The van der Waals surface area contributed by atoms with Crippen LogP contribution in [0.5, 0.6) is 0 Å². The van der Waals surface area contributed by atoms with Gasteiger partial charge < -0.3 is 9.94 Å². The third-order valence-electron chi connectivity index (χ3n) is 1.64. The van der Waals surface area contributed by atoms with Gasteiger partial charge in [0.2, 0.25) is 0 Å². The Bertz CT molecular complexity index is 185. The molecule has 0 radical (unpaired) electrons. The predicted octanol–water partition coefficient (Wildman–Crippen LogP) is 1.92. The highest BCUT2D eigenvalue weighted by Gasteiger charge is 2.08. The van der Waals surface area contributed by atoms with Gasteiger partial charge in [-0.1, -0.05) is 5.16 Å². The number of nitrogens with zero attached hydrogens (tertiary/aromatic N) is 1. The van der Waals surface area contributed by atoms with Crippen molar-refractivity contribution in [2.24, 2.45) is 5.16 Å². The molecule has 1 rings (SSSR count). The largest absolute Gasteiger partial charge is 0.498 e. The SMILES string of the molecule is CCOC1=CC(=NO)CCC1. The Balaban J connectivity index is 2.57. The van der Waals surface area contributed by atoms with E-state index in [0.29, 0.717) is 6.61 Å². The maximum absolute atomic E-state index is 8.46. The van der Waals surface area contributed by atoms with Gasteiger partial charge in [0.25, 0.3) is 0 Å². The van der Waals surface area contributed by atoms with E-state index in [1.807, 2.05) is 13.0 Å². The van der Waals surface area contributed by atoms with E-state index in [1.54, 1.807) is 0 Å². The zero-order valence-electron chi connectivity index (χ0n) is 6.71. The second-order valence-electron chi connectivity index (χ2n) is 2.49. The molecule has 0 heterocycles. The molecule has 1 N–H and O–H groups in total. The first-order chi connectivity index (χ1) is 5.36. The molecule has 0 bridgehead atoms. The molecule has 11 heavy (non-hydrogen) atoms. The molecule has 0 unspecified atom stereocenters. The summed E-state index contributed by atoms with van der Waals surface area (Å²) in [7, 11) is 0. The molecule has 0 aromatic carbocycles. The first kappa shape index (κ1) is 8.11. The number of rotatable bonds is 2. The van der Waals surface area contributed by atoms with Gasteiger partial charge in [0.1, 0.15) is 0 Å². The topological polar surface area (TPSA) is 41.8 Å². The normalized spacial score (nSPS) is 21.5. The van der Waals surface area contributed by atoms with Gasteiger partial charge in [-0.15, -0.1) is 0 Å². The lowest BCUT2D eigenvalue weighted by Crippen LogP contribution is -2.05. The van der Waals surface area contributed by atoms with Crippen LogP contribution in [0.2, 0.25) is 0 Å². The summed E-state index contributed by atoms with van der Waals surface area (Å²) in [5.41, 5.74) is 0.722. The van der Waals surface area contributed by atoms with Gasteiger partial charge in [0, 0.05) is 12.5 Å². The lowest BCUT2D eigenvalue weighted by molar-refractivity contribution is 0.215. The van der Waals surface area contributed by atoms with Gasteiger partial charge in [-0.05, 0) is 19.8 Å². The van der Waals surface area contributed by atoms with E-state index in [4.69, 9.17) is 9.94 Å². The Morgan fingerprint density at radius 1 is 1.64 bits per heavy atom. The van der Waals surface area contributed by atoms with Crippen LogP contribution in [-0.2, 0) is 4.74 Å². The quantitative estimate of drug-likeness (QED) is 0.489. The molecular weight excluding hydrogens is 142 g/mol. The number of hydrogen-bond acceptors (Lipinski definition) is 3. The minimum Gasteiger partial charge on any atom is -0.498 e. The van der Waals surface area contributed by atoms with Crippen LogP contribution in [0.15, 0.2) is 17.0 Å². The molecule has 0 aromatic rings. The average molecular weight is 155 g/mol.